The van der Waals surface area contributed by atoms with E-state index < -0.39 is 5.41 Å². The topological polar surface area (TPSA) is 35.5 Å². The summed E-state index contributed by atoms with van der Waals surface area (Å²) in [5, 5.41) is 0. The zero-order chi connectivity index (χ0) is 17.9. The van der Waals surface area contributed by atoms with Crippen LogP contribution < -0.4 is 9.47 Å². The summed E-state index contributed by atoms with van der Waals surface area (Å²) in [6.07, 6.45) is 4.04. The summed E-state index contributed by atoms with van der Waals surface area (Å²) in [4.78, 5) is 13.7. The maximum absolute atomic E-state index is 13.6. The maximum atomic E-state index is 13.6. The standard InChI is InChI=1S/C21H23BrO3/c1-24-17-10-6-15(7-11-17)20(23)21(14-4-3-5-19(21)22)16-8-12-18(25-2)13-9-16/h6-13,19H,3-5,14H2,1-2H3/t19-,21-/m1/s1. The van der Waals surface area contributed by atoms with Crippen molar-refractivity contribution in [2.75, 3.05) is 14.2 Å². The van der Waals surface area contributed by atoms with E-state index in [0.717, 1.165) is 48.3 Å². The van der Waals surface area contributed by atoms with Crippen LogP contribution in [0.5, 0.6) is 11.5 Å². The van der Waals surface area contributed by atoms with Crippen molar-refractivity contribution in [3.8, 4) is 11.5 Å². The number of Topliss-reactive ketones (excluding diaryl/α,β-unsaturated/α-hetero) is 1. The third-order valence-corrected chi connectivity index (χ3v) is 6.42. The van der Waals surface area contributed by atoms with Gasteiger partial charge in [-0.15, -0.1) is 0 Å². The highest BCUT2D eigenvalue weighted by Gasteiger charge is 2.47. The summed E-state index contributed by atoms with van der Waals surface area (Å²) in [5.74, 6) is 1.73. The average molecular weight is 403 g/mol. The van der Waals surface area contributed by atoms with Crippen LogP contribution in [0.25, 0.3) is 0 Å². The Bertz CT molecular complexity index is 724. The lowest BCUT2D eigenvalue weighted by Crippen LogP contribution is -2.46. The van der Waals surface area contributed by atoms with Gasteiger partial charge in [0.2, 0.25) is 0 Å². The van der Waals surface area contributed by atoms with Crippen LogP contribution >= 0.6 is 15.9 Å². The number of alkyl halides is 1. The van der Waals surface area contributed by atoms with Crippen molar-refractivity contribution in [2.45, 2.75) is 35.9 Å². The largest absolute Gasteiger partial charge is 0.497 e. The smallest absolute Gasteiger partial charge is 0.174 e. The highest BCUT2D eigenvalue weighted by Crippen LogP contribution is 2.46. The Morgan fingerprint density at radius 3 is 2.04 bits per heavy atom. The zero-order valence-corrected chi connectivity index (χ0v) is 16.2. The number of hydrogen-bond acceptors (Lipinski definition) is 3. The Labute approximate surface area is 157 Å². The van der Waals surface area contributed by atoms with E-state index in [0.29, 0.717) is 0 Å². The number of halogens is 1. The van der Waals surface area contributed by atoms with Crippen LogP contribution in [0.15, 0.2) is 48.5 Å². The van der Waals surface area contributed by atoms with Crippen molar-refractivity contribution in [2.24, 2.45) is 0 Å². The molecule has 1 fully saturated rings. The second kappa shape index (κ2) is 7.61. The first-order valence-corrected chi connectivity index (χ1v) is 9.51. The molecule has 0 N–H and O–H groups in total. The van der Waals surface area contributed by atoms with Gasteiger partial charge < -0.3 is 9.47 Å². The molecule has 0 amide bonds. The molecule has 4 heteroatoms. The summed E-state index contributed by atoms with van der Waals surface area (Å²) in [5.41, 5.74) is 1.23. The molecular formula is C21H23BrO3. The van der Waals surface area contributed by atoms with Gasteiger partial charge >= 0.3 is 0 Å². The summed E-state index contributed by atoms with van der Waals surface area (Å²) >= 11 is 3.83. The molecular weight excluding hydrogens is 380 g/mol. The Balaban J connectivity index is 2.05. The first kappa shape index (κ1) is 18.0. The molecule has 1 aliphatic carbocycles. The molecule has 0 aromatic heterocycles. The number of methoxy groups -OCH3 is 2. The predicted molar refractivity (Wildman–Crippen MR) is 103 cm³/mol. The predicted octanol–water partition coefficient (Wildman–Crippen LogP) is 5.16. The molecule has 0 aliphatic heterocycles. The Hall–Kier alpha value is -1.81. The minimum Gasteiger partial charge on any atom is -0.497 e. The number of rotatable bonds is 5. The van der Waals surface area contributed by atoms with Crippen LogP contribution in [0.2, 0.25) is 0 Å². The van der Waals surface area contributed by atoms with E-state index in [1.807, 2.05) is 48.5 Å². The van der Waals surface area contributed by atoms with E-state index in [4.69, 9.17) is 9.47 Å². The van der Waals surface area contributed by atoms with Crippen LogP contribution in [-0.4, -0.2) is 24.8 Å². The molecule has 0 radical (unpaired) electrons. The van der Waals surface area contributed by atoms with Gasteiger partial charge in [-0.2, -0.15) is 0 Å². The molecule has 132 valence electrons. The first-order chi connectivity index (χ1) is 12.1. The fraction of sp³-hybridized carbons (Fsp3) is 0.381. The van der Waals surface area contributed by atoms with Gasteiger partial charge in [-0.05, 0) is 54.8 Å². The highest BCUT2D eigenvalue weighted by molar-refractivity contribution is 9.09. The second-order valence-electron chi connectivity index (χ2n) is 6.47. The Morgan fingerprint density at radius 2 is 1.52 bits per heavy atom. The molecule has 1 aliphatic rings. The summed E-state index contributed by atoms with van der Waals surface area (Å²) in [6, 6.07) is 15.3. The third kappa shape index (κ3) is 3.32. The van der Waals surface area contributed by atoms with Gasteiger partial charge in [0, 0.05) is 10.4 Å². The fourth-order valence-corrected chi connectivity index (χ4v) is 4.76. The number of carbonyl (C=O) groups is 1. The Kier molecular flexibility index (Phi) is 5.48. The molecule has 3 nitrogen and oxygen atoms in total. The summed E-state index contributed by atoms with van der Waals surface area (Å²) < 4.78 is 10.5. The van der Waals surface area contributed by atoms with Gasteiger partial charge in [0.15, 0.2) is 5.78 Å². The molecule has 2 atom stereocenters. The third-order valence-electron chi connectivity index (χ3n) is 5.18. The minimum atomic E-state index is -0.543. The lowest BCUT2D eigenvalue weighted by atomic mass is 9.65. The van der Waals surface area contributed by atoms with E-state index in [9.17, 15) is 4.79 Å². The van der Waals surface area contributed by atoms with E-state index >= 15 is 0 Å². The summed E-state index contributed by atoms with van der Waals surface area (Å²) in [6.45, 7) is 0. The number of carbonyl (C=O) groups excluding carboxylic acids is 1. The molecule has 2 aromatic rings. The van der Waals surface area contributed by atoms with Crippen molar-refractivity contribution < 1.29 is 14.3 Å². The lowest BCUT2D eigenvalue weighted by Gasteiger charge is -2.41. The van der Waals surface area contributed by atoms with E-state index in [1.165, 1.54) is 0 Å². The van der Waals surface area contributed by atoms with Gasteiger partial charge in [0.1, 0.15) is 11.5 Å². The van der Waals surface area contributed by atoms with Crippen LogP contribution in [0.3, 0.4) is 0 Å². The fourth-order valence-electron chi connectivity index (χ4n) is 3.73. The van der Waals surface area contributed by atoms with Crippen LogP contribution in [0.1, 0.15) is 41.6 Å². The Morgan fingerprint density at radius 1 is 0.960 bits per heavy atom. The molecule has 0 heterocycles. The van der Waals surface area contributed by atoms with Crippen molar-refractivity contribution in [3.63, 3.8) is 0 Å². The average Bonchev–Trinajstić information content (AvgIpc) is 2.68. The van der Waals surface area contributed by atoms with E-state index in [-0.39, 0.29) is 10.6 Å². The normalized spacial score (nSPS) is 23.1. The highest BCUT2D eigenvalue weighted by atomic mass is 79.9. The molecule has 0 bridgehead atoms. The SMILES string of the molecule is COc1ccc(C(=O)[C@@]2(c3ccc(OC)cc3)CCCC[C@H]2Br)cc1. The first-order valence-electron chi connectivity index (χ1n) is 8.59. The van der Waals surface area contributed by atoms with Crippen molar-refractivity contribution in [1.82, 2.24) is 0 Å². The lowest BCUT2D eigenvalue weighted by molar-refractivity contribution is 0.0849. The molecule has 2 aromatic carbocycles. The minimum absolute atomic E-state index is 0.122. The molecule has 1 saturated carbocycles. The van der Waals surface area contributed by atoms with Crippen molar-refractivity contribution >= 4 is 21.7 Å². The van der Waals surface area contributed by atoms with E-state index in [2.05, 4.69) is 15.9 Å². The molecule has 25 heavy (non-hydrogen) atoms. The van der Waals surface area contributed by atoms with Crippen LogP contribution in [-0.2, 0) is 5.41 Å². The second-order valence-corrected chi connectivity index (χ2v) is 7.58. The molecule has 0 saturated heterocycles. The molecule has 3 rings (SSSR count). The molecule has 0 unspecified atom stereocenters. The number of benzene rings is 2. The van der Waals surface area contributed by atoms with E-state index in [1.54, 1.807) is 14.2 Å². The van der Waals surface area contributed by atoms with Crippen LogP contribution in [0.4, 0.5) is 0 Å². The maximum Gasteiger partial charge on any atom is 0.174 e. The van der Waals surface area contributed by atoms with Gasteiger partial charge in [-0.25, -0.2) is 0 Å². The number of ether oxygens (including phenoxy) is 2. The van der Waals surface area contributed by atoms with Crippen molar-refractivity contribution in [1.29, 1.82) is 0 Å². The van der Waals surface area contributed by atoms with Gasteiger partial charge in [-0.3, -0.25) is 4.79 Å². The zero-order valence-electron chi connectivity index (χ0n) is 14.6. The van der Waals surface area contributed by atoms with Gasteiger partial charge in [0.25, 0.3) is 0 Å². The molecule has 0 spiro atoms. The van der Waals surface area contributed by atoms with Crippen LogP contribution in [0, 0.1) is 0 Å². The summed E-state index contributed by atoms with van der Waals surface area (Å²) in [7, 11) is 3.28. The van der Waals surface area contributed by atoms with Gasteiger partial charge in [-0.1, -0.05) is 40.9 Å². The monoisotopic (exact) mass is 402 g/mol. The van der Waals surface area contributed by atoms with Crippen molar-refractivity contribution in [3.05, 3.63) is 59.7 Å². The van der Waals surface area contributed by atoms with Gasteiger partial charge in [0.05, 0.1) is 19.6 Å². The quantitative estimate of drug-likeness (QED) is 0.511. The number of hydrogen-bond donors (Lipinski definition) is 0. The number of ketones is 1.